The lowest BCUT2D eigenvalue weighted by molar-refractivity contribution is -0.143. The smallest absolute Gasteiger partial charge is 0.416 e. The predicted molar refractivity (Wildman–Crippen MR) is 146 cm³/mol. The molecule has 0 spiro atoms. The molecule has 226 valence electrons. The van der Waals surface area contributed by atoms with E-state index in [-0.39, 0.29) is 23.9 Å². The summed E-state index contributed by atoms with van der Waals surface area (Å²) < 4.78 is 82.5. The van der Waals surface area contributed by atoms with Crippen molar-refractivity contribution in [1.82, 2.24) is 9.47 Å². The van der Waals surface area contributed by atoms with Gasteiger partial charge in [0, 0.05) is 48.9 Å². The number of carbonyl (C=O) groups is 2. The van der Waals surface area contributed by atoms with E-state index in [0.29, 0.717) is 17.7 Å². The number of aromatic nitrogens is 1. The van der Waals surface area contributed by atoms with Crippen molar-refractivity contribution in [2.75, 3.05) is 12.4 Å². The molecule has 1 unspecified atom stereocenters. The molecule has 0 aliphatic rings. The number of aryl methyl sites for hydroxylation is 1. The summed E-state index contributed by atoms with van der Waals surface area (Å²) >= 11 is 0. The highest BCUT2D eigenvalue weighted by atomic mass is 19.4. The molecule has 4 rings (SSSR count). The molecule has 1 aromatic heterocycles. The zero-order chi connectivity index (χ0) is 31.7. The van der Waals surface area contributed by atoms with Crippen LogP contribution in [0.5, 0.6) is 11.5 Å². The lowest BCUT2D eigenvalue weighted by atomic mass is 10.0. The van der Waals surface area contributed by atoms with Crippen molar-refractivity contribution in [2.24, 2.45) is 7.05 Å². The molecule has 7 nitrogen and oxygen atoms in total. The van der Waals surface area contributed by atoms with Gasteiger partial charge in [-0.25, -0.2) is 0 Å². The van der Waals surface area contributed by atoms with Crippen LogP contribution in [0.25, 0.3) is 10.9 Å². The summed E-state index contributed by atoms with van der Waals surface area (Å²) in [6.45, 7) is 0. The molecule has 0 saturated carbocycles. The zero-order valence-corrected chi connectivity index (χ0v) is 22.7. The largest absolute Gasteiger partial charge is 0.508 e. The van der Waals surface area contributed by atoms with Crippen molar-refractivity contribution in [3.8, 4) is 11.5 Å². The molecule has 3 aromatic carbocycles. The van der Waals surface area contributed by atoms with Gasteiger partial charge in [0.2, 0.25) is 5.91 Å². The Morgan fingerprint density at radius 1 is 0.953 bits per heavy atom. The standard InChI is InChI=1S/C30H25F6N3O4/c1-38-16-18(23-5-3-4-6-25(23)38)13-21(7-10-27(42)37-24-9-8-22(40)15-26(24)41)39(2)28(43)17-11-19(29(31,32)33)14-20(12-17)30(34,35)36/h3-12,14-16,21,40-41H,13H2,1-2H3,(H,37,42). The number of phenols is 2. The fourth-order valence-corrected chi connectivity index (χ4v) is 4.58. The molecule has 13 heteroatoms. The Morgan fingerprint density at radius 3 is 2.19 bits per heavy atom. The van der Waals surface area contributed by atoms with Crippen LogP contribution in [0.3, 0.4) is 0 Å². The fourth-order valence-electron chi connectivity index (χ4n) is 4.58. The Hall–Kier alpha value is -4.94. The number of para-hydroxylation sites is 1. The van der Waals surface area contributed by atoms with Gasteiger partial charge in [-0.3, -0.25) is 9.59 Å². The molecule has 3 N–H and O–H groups in total. The number of benzene rings is 3. The Bertz CT molecular complexity index is 1680. The first-order valence-electron chi connectivity index (χ1n) is 12.7. The Labute approximate surface area is 241 Å². The molecule has 0 radical (unpaired) electrons. The Kier molecular flexibility index (Phi) is 8.47. The van der Waals surface area contributed by atoms with Gasteiger partial charge in [0.05, 0.1) is 22.9 Å². The topological polar surface area (TPSA) is 94.8 Å². The van der Waals surface area contributed by atoms with E-state index in [1.807, 2.05) is 22.8 Å². The maximum Gasteiger partial charge on any atom is 0.416 e. The number of likely N-dealkylation sites (N-methyl/N-ethyl adjacent to an activating group) is 1. The molecule has 1 atom stereocenters. The summed E-state index contributed by atoms with van der Waals surface area (Å²) in [5.41, 5.74) is -2.60. The monoisotopic (exact) mass is 605 g/mol. The molecule has 4 aromatic rings. The summed E-state index contributed by atoms with van der Waals surface area (Å²) in [5.74, 6) is -2.57. The van der Waals surface area contributed by atoms with Crippen LogP contribution in [0.15, 0.2) is 79.0 Å². The van der Waals surface area contributed by atoms with Gasteiger partial charge in [-0.2, -0.15) is 26.3 Å². The minimum absolute atomic E-state index is 0.0360. The van der Waals surface area contributed by atoms with E-state index >= 15 is 0 Å². The first-order chi connectivity index (χ1) is 20.0. The number of phenolic OH excluding ortho intramolecular Hbond substituents is 2. The number of nitrogens with zero attached hydrogens (tertiary/aromatic N) is 2. The van der Waals surface area contributed by atoms with Crippen molar-refractivity contribution in [3.63, 3.8) is 0 Å². The van der Waals surface area contributed by atoms with E-state index in [1.54, 1.807) is 19.3 Å². The second kappa shape index (κ2) is 11.7. The normalized spacial score (nSPS) is 12.9. The molecule has 0 aliphatic heterocycles. The van der Waals surface area contributed by atoms with E-state index in [2.05, 4.69) is 5.32 Å². The van der Waals surface area contributed by atoms with Crippen LogP contribution in [0, 0.1) is 0 Å². The van der Waals surface area contributed by atoms with Crippen molar-refractivity contribution >= 4 is 28.4 Å². The van der Waals surface area contributed by atoms with Crippen LogP contribution in [0.1, 0.15) is 27.0 Å². The number of anilines is 1. The highest BCUT2D eigenvalue weighted by Gasteiger charge is 2.38. The first-order valence-corrected chi connectivity index (χ1v) is 12.7. The van der Waals surface area contributed by atoms with E-state index in [1.165, 1.54) is 25.3 Å². The van der Waals surface area contributed by atoms with Gasteiger partial charge in [-0.1, -0.05) is 24.3 Å². The van der Waals surface area contributed by atoms with E-state index in [9.17, 15) is 46.1 Å². The predicted octanol–water partition coefficient (Wildman–Crippen LogP) is 6.51. The van der Waals surface area contributed by atoms with Crippen molar-refractivity contribution in [3.05, 3.63) is 101 Å². The number of aromatic hydroxyl groups is 2. The van der Waals surface area contributed by atoms with Crippen molar-refractivity contribution in [1.29, 1.82) is 0 Å². The van der Waals surface area contributed by atoms with Gasteiger partial charge >= 0.3 is 12.4 Å². The maximum atomic E-state index is 13.5. The van der Waals surface area contributed by atoms with Crippen LogP contribution >= 0.6 is 0 Å². The van der Waals surface area contributed by atoms with E-state index < -0.39 is 52.6 Å². The molecule has 0 bridgehead atoms. The van der Waals surface area contributed by atoms with Crippen molar-refractivity contribution < 1.29 is 46.1 Å². The van der Waals surface area contributed by atoms with Crippen LogP contribution < -0.4 is 5.32 Å². The number of alkyl halides is 6. The third kappa shape index (κ3) is 7.11. The maximum absolute atomic E-state index is 13.5. The van der Waals surface area contributed by atoms with Crippen molar-refractivity contribution in [2.45, 2.75) is 24.8 Å². The Morgan fingerprint density at radius 2 is 1.58 bits per heavy atom. The van der Waals surface area contributed by atoms with Crippen LogP contribution in [-0.4, -0.2) is 44.6 Å². The number of fused-ring (bicyclic) bond motifs is 1. The van der Waals surface area contributed by atoms with Crippen LogP contribution in [0.2, 0.25) is 0 Å². The molecule has 1 heterocycles. The minimum Gasteiger partial charge on any atom is -0.508 e. The molecule has 2 amide bonds. The Balaban J connectivity index is 1.71. The number of hydrogen-bond acceptors (Lipinski definition) is 4. The fraction of sp³-hybridized carbons (Fsp3) is 0.200. The number of amides is 2. The highest BCUT2D eigenvalue weighted by Crippen LogP contribution is 2.37. The van der Waals surface area contributed by atoms with Gasteiger partial charge < -0.3 is 25.0 Å². The lowest BCUT2D eigenvalue weighted by Gasteiger charge is -2.27. The number of nitrogens with one attached hydrogen (secondary N) is 1. The van der Waals surface area contributed by atoms with Crippen LogP contribution in [0.4, 0.5) is 32.0 Å². The summed E-state index contributed by atoms with van der Waals surface area (Å²) in [7, 11) is 2.99. The number of halogens is 6. The van der Waals surface area contributed by atoms with Crippen LogP contribution in [-0.2, 0) is 30.6 Å². The van der Waals surface area contributed by atoms with Gasteiger partial charge in [0.25, 0.3) is 5.91 Å². The van der Waals surface area contributed by atoms with Gasteiger partial charge in [0.15, 0.2) is 0 Å². The second-order valence-electron chi connectivity index (χ2n) is 9.81. The third-order valence-electron chi connectivity index (χ3n) is 6.77. The molecular formula is C30H25F6N3O4. The summed E-state index contributed by atoms with van der Waals surface area (Å²) in [6.07, 6.45) is -6.17. The first kappa shape index (κ1) is 31.0. The molecular weight excluding hydrogens is 580 g/mol. The number of rotatable bonds is 7. The molecule has 0 saturated heterocycles. The average Bonchev–Trinajstić information content (AvgIpc) is 3.25. The third-order valence-corrected chi connectivity index (χ3v) is 6.77. The number of carbonyl (C=O) groups excluding carboxylic acids is 2. The molecule has 43 heavy (non-hydrogen) atoms. The zero-order valence-electron chi connectivity index (χ0n) is 22.7. The summed E-state index contributed by atoms with van der Waals surface area (Å²) in [4.78, 5) is 27.0. The molecule has 0 aliphatic carbocycles. The average molecular weight is 606 g/mol. The van der Waals surface area contributed by atoms with Gasteiger partial charge in [-0.15, -0.1) is 0 Å². The SMILES string of the molecule is CN(C(=O)c1cc(C(F)(F)F)cc(C(F)(F)F)c1)C(C=CC(=O)Nc1ccc(O)cc1O)Cc1cn(C)c2ccccc12. The molecule has 0 fully saturated rings. The van der Waals surface area contributed by atoms with E-state index in [0.717, 1.165) is 27.9 Å². The quantitative estimate of drug-likeness (QED) is 0.0970. The minimum atomic E-state index is -5.14. The van der Waals surface area contributed by atoms with Gasteiger partial charge in [-0.05, 0) is 48.4 Å². The highest BCUT2D eigenvalue weighted by molar-refractivity contribution is 6.00. The second-order valence-corrected chi connectivity index (χ2v) is 9.81. The summed E-state index contributed by atoms with van der Waals surface area (Å²) in [5, 5.41) is 22.6. The number of hydrogen-bond donors (Lipinski definition) is 3. The van der Waals surface area contributed by atoms with Gasteiger partial charge in [0.1, 0.15) is 11.5 Å². The summed E-state index contributed by atoms with van der Waals surface area (Å²) in [6, 6.07) is 10.4. The van der Waals surface area contributed by atoms with E-state index in [4.69, 9.17) is 0 Å². The lowest BCUT2D eigenvalue weighted by Crippen LogP contribution is -2.37.